The summed E-state index contributed by atoms with van der Waals surface area (Å²) in [5.74, 6) is 1.22. The fourth-order valence-corrected chi connectivity index (χ4v) is 4.30. The standard InChI is InChI=1S/C19H23N5OS/c1-2-23-17(15-9-6-10-20-11-15)22-24(19(23)25)12-16-13-26-18(21-16)14-7-4-3-5-8-14/h3-5,7-8,13,15,20H,2,6,9-12H2,1H3/t15-/m0/s1. The van der Waals surface area contributed by atoms with Crippen LogP contribution in [0.15, 0.2) is 40.5 Å². The van der Waals surface area contributed by atoms with Crippen LogP contribution in [-0.2, 0) is 13.1 Å². The molecular weight excluding hydrogens is 346 g/mol. The number of nitrogens with zero attached hydrogens (tertiary/aromatic N) is 4. The van der Waals surface area contributed by atoms with Gasteiger partial charge in [-0.2, -0.15) is 5.10 Å². The zero-order valence-electron chi connectivity index (χ0n) is 14.9. The number of aromatic nitrogens is 4. The van der Waals surface area contributed by atoms with Crippen molar-refractivity contribution in [2.24, 2.45) is 0 Å². The molecule has 1 aliphatic heterocycles. The van der Waals surface area contributed by atoms with E-state index >= 15 is 0 Å². The van der Waals surface area contributed by atoms with Crippen molar-refractivity contribution in [3.8, 4) is 10.6 Å². The highest BCUT2D eigenvalue weighted by Crippen LogP contribution is 2.24. The summed E-state index contributed by atoms with van der Waals surface area (Å²) < 4.78 is 3.37. The molecule has 26 heavy (non-hydrogen) atoms. The molecule has 3 aromatic rings. The molecule has 1 atom stereocenters. The molecule has 3 heterocycles. The minimum Gasteiger partial charge on any atom is -0.316 e. The van der Waals surface area contributed by atoms with Crippen LogP contribution in [0.25, 0.3) is 10.6 Å². The Balaban J connectivity index is 1.60. The Morgan fingerprint density at radius 3 is 2.88 bits per heavy atom. The first-order valence-corrected chi connectivity index (χ1v) is 10.0. The molecule has 1 aromatic carbocycles. The van der Waals surface area contributed by atoms with Crippen LogP contribution in [-0.4, -0.2) is 32.4 Å². The Kier molecular flexibility index (Phi) is 4.99. The summed E-state index contributed by atoms with van der Waals surface area (Å²) >= 11 is 1.60. The average Bonchev–Trinajstić information content (AvgIpc) is 3.28. The van der Waals surface area contributed by atoms with Gasteiger partial charge in [0.25, 0.3) is 0 Å². The first kappa shape index (κ1) is 17.2. The monoisotopic (exact) mass is 369 g/mol. The molecule has 0 amide bonds. The lowest BCUT2D eigenvalue weighted by Gasteiger charge is -2.21. The van der Waals surface area contributed by atoms with E-state index in [0.29, 0.717) is 19.0 Å². The van der Waals surface area contributed by atoms with Crippen LogP contribution in [0.3, 0.4) is 0 Å². The van der Waals surface area contributed by atoms with Gasteiger partial charge in [-0.05, 0) is 26.3 Å². The molecule has 2 aromatic heterocycles. The Bertz CT molecular complexity index is 921. The molecule has 0 radical (unpaired) electrons. The van der Waals surface area contributed by atoms with Crippen LogP contribution in [0.1, 0.15) is 37.2 Å². The SMILES string of the molecule is CCn1c([C@H]2CCCNC2)nn(Cc2csc(-c3ccccc3)n2)c1=O. The van der Waals surface area contributed by atoms with Gasteiger partial charge in [-0.25, -0.2) is 14.5 Å². The van der Waals surface area contributed by atoms with Crippen molar-refractivity contribution in [1.29, 1.82) is 0 Å². The maximum absolute atomic E-state index is 12.8. The molecule has 0 unspecified atom stereocenters. The molecule has 7 heteroatoms. The Labute approximate surface area is 156 Å². The quantitative estimate of drug-likeness (QED) is 0.751. The van der Waals surface area contributed by atoms with Gasteiger partial charge in [0.2, 0.25) is 0 Å². The van der Waals surface area contributed by atoms with Crippen LogP contribution < -0.4 is 11.0 Å². The zero-order chi connectivity index (χ0) is 17.9. The number of hydrogen-bond acceptors (Lipinski definition) is 5. The van der Waals surface area contributed by atoms with E-state index in [9.17, 15) is 4.79 Å². The Morgan fingerprint density at radius 2 is 2.15 bits per heavy atom. The minimum absolute atomic E-state index is 0.0395. The topological polar surface area (TPSA) is 64.7 Å². The van der Waals surface area contributed by atoms with Crippen molar-refractivity contribution in [3.05, 3.63) is 57.7 Å². The molecule has 0 aliphatic carbocycles. The van der Waals surface area contributed by atoms with Gasteiger partial charge < -0.3 is 5.32 Å². The van der Waals surface area contributed by atoms with E-state index in [2.05, 4.69) is 22.5 Å². The lowest BCUT2D eigenvalue weighted by Crippen LogP contribution is -2.31. The van der Waals surface area contributed by atoms with E-state index in [-0.39, 0.29) is 5.69 Å². The third-order valence-corrected chi connectivity index (χ3v) is 5.75. The van der Waals surface area contributed by atoms with Gasteiger partial charge in [0.05, 0.1) is 12.2 Å². The molecule has 0 bridgehead atoms. The molecule has 1 aliphatic rings. The Hall–Kier alpha value is -2.25. The third-order valence-electron chi connectivity index (χ3n) is 4.81. The van der Waals surface area contributed by atoms with E-state index in [0.717, 1.165) is 48.0 Å². The highest BCUT2D eigenvalue weighted by molar-refractivity contribution is 7.13. The van der Waals surface area contributed by atoms with Crippen molar-refractivity contribution in [2.75, 3.05) is 13.1 Å². The number of thiazole rings is 1. The highest BCUT2D eigenvalue weighted by Gasteiger charge is 2.23. The maximum Gasteiger partial charge on any atom is 0.346 e. The second-order valence-corrected chi connectivity index (χ2v) is 7.45. The number of rotatable bonds is 5. The normalized spacial score (nSPS) is 17.5. The van der Waals surface area contributed by atoms with Crippen LogP contribution in [0.5, 0.6) is 0 Å². The fraction of sp³-hybridized carbons (Fsp3) is 0.421. The summed E-state index contributed by atoms with van der Waals surface area (Å²) in [6.45, 7) is 5.02. The summed E-state index contributed by atoms with van der Waals surface area (Å²) in [4.78, 5) is 17.5. The lowest BCUT2D eigenvalue weighted by molar-refractivity contribution is 0.431. The van der Waals surface area contributed by atoms with Gasteiger partial charge in [0.15, 0.2) is 0 Å². The maximum atomic E-state index is 12.8. The van der Waals surface area contributed by atoms with E-state index in [4.69, 9.17) is 4.98 Å². The van der Waals surface area contributed by atoms with E-state index < -0.39 is 0 Å². The zero-order valence-corrected chi connectivity index (χ0v) is 15.7. The first-order chi connectivity index (χ1) is 12.8. The van der Waals surface area contributed by atoms with Crippen LogP contribution in [0.4, 0.5) is 0 Å². The summed E-state index contributed by atoms with van der Waals surface area (Å²) in [6, 6.07) is 10.1. The summed E-state index contributed by atoms with van der Waals surface area (Å²) in [5.41, 5.74) is 1.94. The number of nitrogens with one attached hydrogen (secondary N) is 1. The number of hydrogen-bond donors (Lipinski definition) is 1. The van der Waals surface area contributed by atoms with Crippen LogP contribution >= 0.6 is 11.3 Å². The van der Waals surface area contributed by atoms with E-state index in [1.54, 1.807) is 16.0 Å². The molecule has 4 rings (SSSR count). The smallest absolute Gasteiger partial charge is 0.316 e. The van der Waals surface area contributed by atoms with Gasteiger partial charge in [-0.3, -0.25) is 4.57 Å². The number of benzene rings is 1. The van der Waals surface area contributed by atoms with Crippen LogP contribution in [0.2, 0.25) is 0 Å². The van der Waals surface area contributed by atoms with Crippen molar-refractivity contribution in [2.45, 2.75) is 38.8 Å². The second-order valence-electron chi connectivity index (χ2n) is 6.60. The van der Waals surface area contributed by atoms with Crippen molar-refractivity contribution < 1.29 is 0 Å². The summed E-state index contributed by atoms with van der Waals surface area (Å²) in [7, 11) is 0. The largest absolute Gasteiger partial charge is 0.346 e. The van der Waals surface area contributed by atoms with Gasteiger partial charge in [0, 0.05) is 30.0 Å². The molecule has 0 saturated carbocycles. The van der Waals surface area contributed by atoms with Gasteiger partial charge >= 0.3 is 5.69 Å². The van der Waals surface area contributed by atoms with Gasteiger partial charge in [0.1, 0.15) is 10.8 Å². The highest BCUT2D eigenvalue weighted by atomic mass is 32.1. The summed E-state index contributed by atoms with van der Waals surface area (Å²) in [6.07, 6.45) is 2.21. The fourth-order valence-electron chi connectivity index (χ4n) is 3.48. The van der Waals surface area contributed by atoms with E-state index in [1.165, 1.54) is 0 Å². The van der Waals surface area contributed by atoms with E-state index in [1.807, 2.05) is 35.1 Å². The van der Waals surface area contributed by atoms with Crippen LogP contribution in [0, 0.1) is 0 Å². The molecule has 136 valence electrons. The van der Waals surface area contributed by atoms with Crippen molar-refractivity contribution in [1.82, 2.24) is 24.6 Å². The van der Waals surface area contributed by atoms with Gasteiger partial charge in [-0.1, -0.05) is 30.3 Å². The molecule has 0 spiro atoms. The lowest BCUT2D eigenvalue weighted by atomic mass is 9.99. The first-order valence-electron chi connectivity index (χ1n) is 9.14. The molecule has 6 nitrogen and oxygen atoms in total. The Morgan fingerprint density at radius 1 is 1.31 bits per heavy atom. The van der Waals surface area contributed by atoms with Crippen molar-refractivity contribution in [3.63, 3.8) is 0 Å². The molecular formula is C19H23N5OS. The average molecular weight is 369 g/mol. The third kappa shape index (κ3) is 3.37. The predicted octanol–water partition coefficient (Wildman–Crippen LogP) is 2.70. The minimum atomic E-state index is -0.0395. The molecule has 1 saturated heterocycles. The second kappa shape index (κ2) is 7.55. The van der Waals surface area contributed by atoms with Gasteiger partial charge in [-0.15, -0.1) is 11.3 Å². The number of piperidine rings is 1. The predicted molar refractivity (Wildman–Crippen MR) is 104 cm³/mol. The van der Waals surface area contributed by atoms with Crippen molar-refractivity contribution >= 4 is 11.3 Å². The molecule has 1 fully saturated rings. The summed E-state index contributed by atoms with van der Waals surface area (Å²) in [5, 5.41) is 11.1. The molecule has 1 N–H and O–H groups in total.